The Morgan fingerprint density at radius 1 is 1.75 bits per heavy atom. The minimum Gasteiger partial charge on any atom is -0.478 e. The Morgan fingerprint density at radius 2 is 2.58 bits per heavy atom. The largest absolute Gasteiger partial charge is 0.478 e. The van der Waals surface area contributed by atoms with Crippen LogP contribution < -0.4 is 10.5 Å². The summed E-state index contributed by atoms with van der Waals surface area (Å²) in [6.07, 6.45) is 2.83. The van der Waals surface area contributed by atoms with Crippen LogP contribution in [-0.4, -0.2) is 16.4 Å². The highest BCUT2D eigenvalue weighted by Crippen LogP contribution is 2.25. The van der Waals surface area contributed by atoms with Gasteiger partial charge in [-0.15, -0.1) is 0 Å². The summed E-state index contributed by atoms with van der Waals surface area (Å²) in [5.41, 5.74) is 6.76. The van der Waals surface area contributed by atoms with E-state index in [1.807, 2.05) is 11.6 Å². The first-order chi connectivity index (χ1) is 5.79. The number of nitrogens with two attached hydrogens (primary N) is 1. The van der Waals surface area contributed by atoms with Gasteiger partial charge in [0.2, 0.25) is 5.88 Å². The highest BCUT2D eigenvalue weighted by molar-refractivity contribution is 5.27. The van der Waals surface area contributed by atoms with E-state index in [-0.39, 0.29) is 6.04 Å². The van der Waals surface area contributed by atoms with Crippen molar-refractivity contribution in [1.82, 2.24) is 9.78 Å². The lowest BCUT2D eigenvalue weighted by Crippen LogP contribution is -2.16. The van der Waals surface area contributed by atoms with Gasteiger partial charge in [0, 0.05) is 19.0 Å². The zero-order valence-corrected chi connectivity index (χ0v) is 7.16. The second-order valence-electron chi connectivity index (χ2n) is 3.12. The van der Waals surface area contributed by atoms with Crippen molar-refractivity contribution in [3.63, 3.8) is 0 Å². The summed E-state index contributed by atoms with van der Waals surface area (Å²) in [5.74, 6) is 0.858. The zero-order valence-electron chi connectivity index (χ0n) is 7.16. The minimum absolute atomic E-state index is 0.00634. The Bertz CT molecular complexity index is 280. The van der Waals surface area contributed by atoms with Crippen LogP contribution in [-0.2, 0) is 6.54 Å². The lowest BCUT2D eigenvalue weighted by atomic mass is 10.2. The fraction of sp³-hybridized carbons (Fsp3) is 0.625. The van der Waals surface area contributed by atoms with E-state index in [4.69, 9.17) is 10.5 Å². The van der Waals surface area contributed by atoms with Gasteiger partial charge in [-0.05, 0) is 6.92 Å². The lowest BCUT2D eigenvalue weighted by molar-refractivity contribution is 0.227. The quantitative estimate of drug-likeness (QED) is 0.669. The minimum atomic E-state index is 0.00634. The fourth-order valence-electron chi connectivity index (χ4n) is 1.40. The van der Waals surface area contributed by atoms with Gasteiger partial charge in [-0.25, -0.2) is 4.68 Å². The predicted octanol–water partition coefficient (Wildman–Crippen LogP) is 0.685. The first-order valence-electron chi connectivity index (χ1n) is 4.23. The van der Waals surface area contributed by atoms with E-state index in [0.29, 0.717) is 0 Å². The molecule has 0 spiro atoms. The molecule has 4 heteroatoms. The van der Waals surface area contributed by atoms with Crippen molar-refractivity contribution in [3.8, 4) is 5.88 Å². The monoisotopic (exact) mass is 167 g/mol. The highest BCUT2D eigenvalue weighted by Gasteiger charge is 2.17. The first-order valence-corrected chi connectivity index (χ1v) is 4.23. The average molecular weight is 167 g/mol. The highest BCUT2D eigenvalue weighted by atomic mass is 16.5. The fourth-order valence-corrected chi connectivity index (χ4v) is 1.40. The third-order valence-corrected chi connectivity index (χ3v) is 2.06. The summed E-state index contributed by atoms with van der Waals surface area (Å²) in [7, 11) is 0. The maximum atomic E-state index is 5.75. The van der Waals surface area contributed by atoms with Gasteiger partial charge in [0.1, 0.15) is 0 Å². The van der Waals surface area contributed by atoms with Crippen molar-refractivity contribution >= 4 is 0 Å². The van der Waals surface area contributed by atoms with E-state index < -0.39 is 0 Å². The van der Waals surface area contributed by atoms with Gasteiger partial charge >= 0.3 is 0 Å². The van der Waals surface area contributed by atoms with Crippen LogP contribution in [0.2, 0.25) is 0 Å². The predicted molar refractivity (Wildman–Crippen MR) is 44.9 cm³/mol. The molecule has 1 aliphatic rings. The summed E-state index contributed by atoms with van der Waals surface area (Å²) in [6, 6.07) is 0.00634. The summed E-state index contributed by atoms with van der Waals surface area (Å²) in [5, 5.41) is 4.19. The van der Waals surface area contributed by atoms with Crippen molar-refractivity contribution in [2.45, 2.75) is 25.9 Å². The van der Waals surface area contributed by atoms with E-state index in [9.17, 15) is 0 Å². The molecule has 0 amide bonds. The topological polar surface area (TPSA) is 53.1 Å². The molecule has 0 aliphatic carbocycles. The third kappa shape index (κ3) is 1.08. The van der Waals surface area contributed by atoms with E-state index in [0.717, 1.165) is 31.0 Å². The molecule has 2 rings (SSSR count). The summed E-state index contributed by atoms with van der Waals surface area (Å²) < 4.78 is 7.35. The molecule has 2 N–H and O–H groups in total. The number of aryl methyl sites for hydroxylation is 1. The lowest BCUT2D eigenvalue weighted by Gasteiger charge is -2.16. The molecule has 0 saturated heterocycles. The van der Waals surface area contributed by atoms with Crippen molar-refractivity contribution in [2.24, 2.45) is 5.73 Å². The molecule has 0 aromatic carbocycles. The summed E-state index contributed by atoms with van der Waals surface area (Å²) in [4.78, 5) is 0. The van der Waals surface area contributed by atoms with E-state index >= 15 is 0 Å². The number of fused-ring (bicyclic) bond motifs is 1. The maximum Gasteiger partial charge on any atom is 0.216 e. The Morgan fingerprint density at radius 3 is 3.33 bits per heavy atom. The van der Waals surface area contributed by atoms with Crippen LogP contribution >= 0.6 is 0 Å². The number of hydrogen-bond acceptors (Lipinski definition) is 3. The van der Waals surface area contributed by atoms with Crippen LogP contribution in [0.3, 0.4) is 0 Å². The smallest absolute Gasteiger partial charge is 0.216 e. The summed E-state index contributed by atoms with van der Waals surface area (Å²) >= 11 is 0. The molecule has 12 heavy (non-hydrogen) atoms. The second kappa shape index (κ2) is 2.79. The third-order valence-electron chi connectivity index (χ3n) is 2.06. The Balaban J connectivity index is 2.38. The molecule has 0 bridgehead atoms. The van der Waals surface area contributed by atoms with Gasteiger partial charge in [-0.1, -0.05) is 0 Å². The normalized spacial score (nSPS) is 18.2. The SMILES string of the molecule is CC(N)c1cnn2c1OCCC2. The van der Waals surface area contributed by atoms with Crippen LogP contribution in [0.1, 0.15) is 24.9 Å². The molecule has 1 aromatic rings. The molecule has 4 nitrogen and oxygen atoms in total. The number of hydrogen-bond donors (Lipinski definition) is 1. The second-order valence-corrected chi connectivity index (χ2v) is 3.12. The maximum absolute atomic E-state index is 5.75. The van der Waals surface area contributed by atoms with Crippen LogP contribution in [0, 0.1) is 0 Å². The van der Waals surface area contributed by atoms with Crippen molar-refractivity contribution in [1.29, 1.82) is 0 Å². The molecule has 1 atom stereocenters. The number of nitrogens with zero attached hydrogens (tertiary/aromatic N) is 2. The van der Waals surface area contributed by atoms with Gasteiger partial charge in [0.15, 0.2) is 0 Å². The van der Waals surface area contributed by atoms with Crippen LogP contribution in [0.4, 0.5) is 0 Å². The van der Waals surface area contributed by atoms with Gasteiger partial charge in [0.25, 0.3) is 0 Å². The summed E-state index contributed by atoms with van der Waals surface area (Å²) in [6.45, 7) is 3.67. The molecule has 2 heterocycles. The van der Waals surface area contributed by atoms with Crippen molar-refractivity contribution < 1.29 is 4.74 Å². The van der Waals surface area contributed by atoms with Gasteiger partial charge < -0.3 is 10.5 Å². The van der Waals surface area contributed by atoms with E-state index in [1.54, 1.807) is 6.20 Å². The molecule has 1 aliphatic heterocycles. The van der Waals surface area contributed by atoms with Gasteiger partial charge in [0.05, 0.1) is 18.4 Å². The molecule has 1 aromatic heterocycles. The number of aromatic nitrogens is 2. The molecular weight excluding hydrogens is 154 g/mol. The first kappa shape index (κ1) is 7.61. The zero-order chi connectivity index (χ0) is 8.55. The van der Waals surface area contributed by atoms with Crippen molar-refractivity contribution in [3.05, 3.63) is 11.8 Å². The van der Waals surface area contributed by atoms with Crippen molar-refractivity contribution in [2.75, 3.05) is 6.61 Å². The molecule has 0 radical (unpaired) electrons. The number of rotatable bonds is 1. The molecule has 0 fully saturated rings. The Labute approximate surface area is 71.3 Å². The molecule has 66 valence electrons. The van der Waals surface area contributed by atoms with Crippen LogP contribution in [0.25, 0.3) is 0 Å². The Kier molecular flexibility index (Phi) is 1.77. The van der Waals surface area contributed by atoms with Crippen LogP contribution in [0.5, 0.6) is 5.88 Å². The van der Waals surface area contributed by atoms with Gasteiger partial charge in [-0.3, -0.25) is 0 Å². The van der Waals surface area contributed by atoms with E-state index in [1.165, 1.54) is 0 Å². The van der Waals surface area contributed by atoms with E-state index in [2.05, 4.69) is 5.10 Å². The van der Waals surface area contributed by atoms with Gasteiger partial charge in [-0.2, -0.15) is 5.10 Å². The molecule has 0 saturated carbocycles. The number of ether oxygens (including phenoxy) is 1. The van der Waals surface area contributed by atoms with Crippen LogP contribution in [0.15, 0.2) is 6.20 Å². The molecule has 1 unspecified atom stereocenters. The standard InChI is InChI=1S/C8H13N3O/c1-6(9)7-5-10-11-3-2-4-12-8(7)11/h5-6H,2-4,9H2,1H3. The Hall–Kier alpha value is -1.03. The average Bonchev–Trinajstić information content (AvgIpc) is 2.47. The molecular formula is C8H13N3O.